The van der Waals surface area contributed by atoms with E-state index in [1.165, 1.54) is 6.08 Å². The molecule has 1 saturated heterocycles. The second-order valence-electron chi connectivity index (χ2n) is 7.98. The molecule has 0 radical (unpaired) electrons. The first kappa shape index (κ1) is 23.3. The molecule has 6 nitrogen and oxygen atoms in total. The standard InChI is InChI=1S/C25H24F3N5O/c1-2-23(34)33-13-3-4-22(33)18-7-11-20(12-8-18)29-14-17-5-9-21(10-6-17)32-24-30-15-19(16-31-24)25(26,27)28/h2,5-12,15-16,22,29H,1,3-4,13-14H2,(H,30,31,32). The Balaban J connectivity index is 1.31. The molecule has 176 valence electrons. The molecule has 0 aliphatic carbocycles. The molecule has 1 atom stereocenters. The van der Waals surface area contributed by atoms with Gasteiger partial charge in [0.15, 0.2) is 0 Å². The molecule has 3 aromatic rings. The van der Waals surface area contributed by atoms with E-state index in [4.69, 9.17) is 0 Å². The lowest BCUT2D eigenvalue weighted by atomic mass is 10.0. The van der Waals surface area contributed by atoms with E-state index in [9.17, 15) is 18.0 Å². The van der Waals surface area contributed by atoms with Gasteiger partial charge in [-0.15, -0.1) is 0 Å². The number of nitrogens with one attached hydrogen (secondary N) is 2. The number of hydrogen-bond acceptors (Lipinski definition) is 5. The summed E-state index contributed by atoms with van der Waals surface area (Å²) >= 11 is 0. The van der Waals surface area contributed by atoms with Gasteiger partial charge in [-0.25, -0.2) is 9.97 Å². The first-order valence-corrected chi connectivity index (χ1v) is 10.9. The lowest BCUT2D eigenvalue weighted by Gasteiger charge is -2.24. The fourth-order valence-corrected chi connectivity index (χ4v) is 3.90. The molecule has 1 aliphatic heterocycles. The maximum Gasteiger partial charge on any atom is 0.419 e. The number of nitrogens with zero attached hydrogens (tertiary/aromatic N) is 3. The highest BCUT2D eigenvalue weighted by molar-refractivity contribution is 5.87. The van der Waals surface area contributed by atoms with Crippen LogP contribution >= 0.6 is 0 Å². The van der Waals surface area contributed by atoms with Crippen molar-refractivity contribution in [3.05, 3.63) is 90.3 Å². The Labute approximate surface area is 195 Å². The lowest BCUT2D eigenvalue weighted by Crippen LogP contribution is -2.28. The maximum atomic E-state index is 12.6. The summed E-state index contributed by atoms with van der Waals surface area (Å²) in [5.74, 6) is 0.0575. The predicted molar refractivity (Wildman–Crippen MR) is 124 cm³/mol. The van der Waals surface area contributed by atoms with Crippen LogP contribution in [0.15, 0.2) is 73.6 Å². The highest BCUT2D eigenvalue weighted by atomic mass is 19.4. The van der Waals surface area contributed by atoms with Crippen LogP contribution in [0.1, 0.15) is 35.6 Å². The zero-order valence-electron chi connectivity index (χ0n) is 18.3. The van der Waals surface area contributed by atoms with Gasteiger partial charge in [-0.2, -0.15) is 13.2 Å². The molecule has 1 fully saturated rings. The molecule has 1 aliphatic rings. The van der Waals surface area contributed by atoms with E-state index in [0.717, 1.165) is 48.6 Å². The van der Waals surface area contributed by atoms with Gasteiger partial charge in [-0.1, -0.05) is 30.8 Å². The lowest BCUT2D eigenvalue weighted by molar-refractivity contribution is -0.138. The topological polar surface area (TPSA) is 70.2 Å². The maximum absolute atomic E-state index is 12.6. The molecule has 1 unspecified atom stereocenters. The Morgan fingerprint density at radius 1 is 1.06 bits per heavy atom. The molecular weight excluding hydrogens is 443 g/mol. The van der Waals surface area contributed by atoms with Crippen LogP contribution in [0.5, 0.6) is 0 Å². The number of rotatable bonds is 7. The van der Waals surface area contributed by atoms with Crippen LogP contribution in [-0.4, -0.2) is 27.3 Å². The van der Waals surface area contributed by atoms with Crippen molar-refractivity contribution >= 4 is 23.2 Å². The van der Waals surface area contributed by atoms with Gasteiger partial charge < -0.3 is 15.5 Å². The molecule has 4 rings (SSSR count). The van der Waals surface area contributed by atoms with Crippen molar-refractivity contribution in [1.29, 1.82) is 0 Å². The van der Waals surface area contributed by atoms with Crippen molar-refractivity contribution in [3.8, 4) is 0 Å². The van der Waals surface area contributed by atoms with E-state index in [1.54, 1.807) is 0 Å². The van der Waals surface area contributed by atoms with Crippen molar-refractivity contribution in [2.75, 3.05) is 17.2 Å². The van der Waals surface area contributed by atoms with Crippen molar-refractivity contribution in [2.24, 2.45) is 0 Å². The summed E-state index contributed by atoms with van der Waals surface area (Å²) in [7, 11) is 0. The molecule has 2 aromatic carbocycles. The Hall–Kier alpha value is -3.88. The summed E-state index contributed by atoms with van der Waals surface area (Å²) in [4.78, 5) is 21.3. The fourth-order valence-electron chi connectivity index (χ4n) is 3.90. The van der Waals surface area contributed by atoms with E-state index in [1.807, 2.05) is 53.4 Å². The highest BCUT2D eigenvalue weighted by Gasteiger charge is 2.31. The molecular formula is C25H24F3N5O. The van der Waals surface area contributed by atoms with Gasteiger partial charge in [0.1, 0.15) is 0 Å². The van der Waals surface area contributed by atoms with Crippen LogP contribution in [0.3, 0.4) is 0 Å². The number of carbonyl (C=O) groups excluding carboxylic acids is 1. The normalized spacial score (nSPS) is 15.7. The second-order valence-corrected chi connectivity index (χ2v) is 7.98. The minimum absolute atomic E-state index is 0.0347. The number of anilines is 3. The zero-order chi connectivity index (χ0) is 24.1. The first-order valence-electron chi connectivity index (χ1n) is 10.9. The van der Waals surface area contributed by atoms with Crippen LogP contribution in [0, 0.1) is 0 Å². The van der Waals surface area contributed by atoms with E-state index in [0.29, 0.717) is 12.2 Å². The first-order chi connectivity index (χ1) is 16.3. The Bertz CT molecular complexity index is 1130. The molecule has 0 saturated carbocycles. The third kappa shape index (κ3) is 5.54. The number of alkyl halides is 3. The van der Waals surface area contributed by atoms with Crippen molar-refractivity contribution in [1.82, 2.24) is 14.9 Å². The second kappa shape index (κ2) is 9.94. The Kier molecular flexibility index (Phi) is 6.81. The van der Waals surface area contributed by atoms with Crippen LogP contribution in [0.25, 0.3) is 0 Å². The minimum atomic E-state index is -4.46. The predicted octanol–water partition coefficient (Wildman–Crippen LogP) is 5.70. The number of benzene rings is 2. The number of hydrogen-bond donors (Lipinski definition) is 2. The minimum Gasteiger partial charge on any atom is -0.381 e. The molecule has 34 heavy (non-hydrogen) atoms. The molecule has 9 heteroatoms. The van der Waals surface area contributed by atoms with Crippen molar-refractivity contribution in [3.63, 3.8) is 0 Å². The summed E-state index contributed by atoms with van der Waals surface area (Å²) < 4.78 is 37.8. The molecule has 0 bridgehead atoms. The van der Waals surface area contributed by atoms with Gasteiger partial charge in [0, 0.05) is 36.9 Å². The van der Waals surface area contributed by atoms with Gasteiger partial charge in [0.2, 0.25) is 11.9 Å². The molecule has 1 amide bonds. The number of aromatic nitrogens is 2. The molecule has 1 aromatic heterocycles. The fraction of sp³-hybridized carbons (Fsp3) is 0.240. The van der Waals surface area contributed by atoms with E-state index >= 15 is 0 Å². The summed E-state index contributed by atoms with van der Waals surface area (Å²) in [5, 5.41) is 6.25. The smallest absolute Gasteiger partial charge is 0.381 e. The summed E-state index contributed by atoms with van der Waals surface area (Å²) in [6.07, 6.45) is 0.339. The quantitative estimate of drug-likeness (QED) is 0.436. The molecule has 2 heterocycles. The third-order valence-corrected chi connectivity index (χ3v) is 5.69. The Morgan fingerprint density at radius 3 is 2.32 bits per heavy atom. The van der Waals surface area contributed by atoms with Gasteiger partial charge in [0.25, 0.3) is 0 Å². The van der Waals surface area contributed by atoms with Crippen LogP contribution in [0.2, 0.25) is 0 Å². The van der Waals surface area contributed by atoms with Crippen LogP contribution in [0.4, 0.5) is 30.5 Å². The van der Waals surface area contributed by atoms with Gasteiger partial charge in [-0.3, -0.25) is 4.79 Å². The van der Waals surface area contributed by atoms with E-state index in [-0.39, 0.29) is 17.9 Å². The number of amides is 1. The summed E-state index contributed by atoms with van der Waals surface area (Å²) in [6.45, 7) is 4.94. The number of carbonyl (C=O) groups is 1. The molecule has 0 spiro atoms. The number of halogens is 3. The van der Waals surface area contributed by atoms with Gasteiger partial charge in [0.05, 0.1) is 11.6 Å². The third-order valence-electron chi connectivity index (χ3n) is 5.69. The average Bonchev–Trinajstić information content (AvgIpc) is 3.33. The van der Waals surface area contributed by atoms with Crippen molar-refractivity contribution < 1.29 is 18.0 Å². The monoisotopic (exact) mass is 467 g/mol. The largest absolute Gasteiger partial charge is 0.419 e. The average molecular weight is 467 g/mol. The van der Waals surface area contributed by atoms with E-state index < -0.39 is 11.7 Å². The van der Waals surface area contributed by atoms with Crippen LogP contribution < -0.4 is 10.6 Å². The number of likely N-dealkylation sites (tertiary alicyclic amines) is 1. The van der Waals surface area contributed by atoms with Crippen molar-refractivity contribution in [2.45, 2.75) is 31.6 Å². The van der Waals surface area contributed by atoms with Gasteiger partial charge >= 0.3 is 6.18 Å². The highest BCUT2D eigenvalue weighted by Crippen LogP contribution is 2.33. The van der Waals surface area contributed by atoms with Crippen LogP contribution in [-0.2, 0) is 17.5 Å². The van der Waals surface area contributed by atoms with E-state index in [2.05, 4.69) is 27.2 Å². The summed E-state index contributed by atoms with van der Waals surface area (Å²) in [5.41, 5.74) is 2.88. The summed E-state index contributed by atoms with van der Waals surface area (Å²) in [6, 6.07) is 15.6. The Morgan fingerprint density at radius 2 is 1.71 bits per heavy atom. The molecule has 2 N–H and O–H groups in total. The zero-order valence-corrected chi connectivity index (χ0v) is 18.3. The SMILES string of the molecule is C=CC(=O)N1CCCC1c1ccc(NCc2ccc(Nc3ncc(C(F)(F)F)cn3)cc2)cc1. The van der Waals surface area contributed by atoms with Gasteiger partial charge in [-0.05, 0) is 54.3 Å².